The quantitative estimate of drug-likeness (QED) is 0.853. The van der Waals surface area contributed by atoms with E-state index < -0.39 is 0 Å². The van der Waals surface area contributed by atoms with Gasteiger partial charge in [0.05, 0.1) is 5.25 Å². The highest BCUT2D eigenvalue weighted by molar-refractivity contribution is 8.00. The lowest BCUT2D eigenvalue weighted by Gasteiger charge is -2.20. The molecule has 2 amide bonds. The van der Waals surface area contributed by atoms with E-state index in [1.54, 1.807) is 0 Å². The molecule has 2 rings (SSSR count). The maximum absolute atomic E-state index is 11.6. The first-order valence-electron chi connectivity index (χ1n) is 6.16. The number of hydrogen-bond acceptors (Lipinski definition) is 3. The van der Waals surface area contributed by atoms with Gasteiger partial charge in [0.15, 0.2) is 0 Å². The van der Waals surface area contributed by atoms with Gasteiger partial charge < -0.3 is 0 Å². The van der Waals surface area contributed by atoms with Crippen LogP contribution in [-0.2, 0) is 9.59 Å². The van der Waals surface area contributed by atoms with E-state index >= 15 is 0 Å². The van der Waals surface area contributed by atoms with Crippen LogP contribution in [0.1, 0.15) is 38.2 Å². The van der Waals surface area contributed by atoms with Crippen LogP contribution in [0.3, 0.4) is 0 Å². The molecule has 0 bridgehead atoms. The van der Waals surface area contributed by atoms with Gasteiger partial charge in [0.25, 0.3) is 0 Å². The van der Waals surface area contributed by atoms with E-state index in [9.17, 15) is 9.59 Å². The molecule has 1 heterocycles. The van der Waals surface area contributed by atoms with Crippen LogP contribution in [0.5, 0.6) is 0 Å². The molecule has 1 saturated heterocycles. The fraction of sp³-hybridized carbons (Fsp3) is 0.429. The van der Waals surface area contributed by atoms with Gasteiger partial charge in [-0.2, -0.15) is 0 Å². The number of imide groups is 1. The summed E-state index contributed by atoms with van der Waals surface area (Å²) in [4.78, 5) is 23.8. The maximum atomic E-state index is 11.6. The third-order valence-corrected chi connectivity index (χ3v) is 4.29. The van der Waals surface area contributed by atoms with Crippen molar-refractivity contribution in [2.24, 2.45) is 0 Å². The van der Waals surface area contributed by atoms with Crippen LogP contribution < -0.4 is 5.32 Å². The summed E-state index contributed by atoms with van der Waals surface area (Å²) >= 11 is 1.53. The highest BCUT2D eigenvalue weighted by Gasteiger charge is 2.27. The molecule has 1 unspecified atom stereocenters. The lowest BCUT2D eigenvalue weighted by atomic mass is 10.0. The first kappa shape index (κ1) is 13.1. The van der Waals surface area contributed by atoms with Crippen LogP contribution in [-0.4, -0.2) is 17.1 Å². The summed E-state index contributed by atoms with van der Waals surface area (Å²) in [6, 6.07) is 8.28. The van der Waals surface area contributed by atoms with Gasteiger partial charge in [0, 0.05) is 11.3 Å². The first-order chi connectivity index (χ1) is 8.56. The lowest BCUT2D eigenvalue weighted by Crippen LogP contribution is -2.42. The van der Waals surface area contributed by atoms with E-state index in [0.29, 0.717) is 18.8 Å². The van der Waals surface area contributed by atoms with E-state index in [0.717, 1.165) is 4.90 Å². The van der Waals surface area contributed by atoms with E-state index in [4.69, 9.17) is 0 Å². The Balaban J connectivity index is 2.01. The lowest BCUT2D eigenvalue weighted by molar-refractivity contribution is -0.132. The van der Waals surface area contributed by atoms with Gasteiger partial charge in [-0.1, -0.05) is 26.0 Å². The summed E-state index contributed by atoms with van der Waals surface area (Å²) in [5.41, 5.74) is 1.29. The molecule has 3 nitrogen and oxygen atoms in total. The van der Waals surface area contributed by atoms with Crippen molar-refractivity contribution in [3.05, 3.63) is 29.8 Å². The van der Waals surface area contributed by atoms with Gasteiger partial charge in [0.2, 0.25) is 11.8 Å². The Bertz CT molecular complexity index is 453. The van der Waals surface area contributed by atoms with E-state index in [-0.39, 0.29) is 17.1 Å². The van der Waals surface area contributed by atoms with Crippen molar-refractivity contribution in [2.75, 3.05) is 0 Å². The fourth-order valence-corrected chi connectivity index (χ4v) is 2.91. The number of carbonyl (C=O) groups is 2. The Morgan fingerprint density at radius 3 is 2.44 bits per heavy atom. The minimum atomic E-state index is -0.163. The molecular weight excluding hydrogens is 246 g/mol. The summed E-state index contributed by atoms with van der Waals surface area (Å²) in [6.45, 7) is 4.31. The third-order valence-electron chi connectivity index (χ3n) is 3.01. The van der Waals surface area contributed by atoms with Crippen molar-refractivity contribution in [3.8, 4) is 0 Å². The monoisotopic (exact) mass is 263 g/mol. The molecule has 0 radical (unpaired) electrons. The summed E-state index contributed by atoms with van der Waals surface area (Å²) in [5, 5.41) is 2.23. The largest absolute Gasteiger partial charge is 0.295 e. The Kier molecular flexibility index (Phi) is 4.07. The van der Waals surface area contributed by atoms with Crippen molar-refractivity contribution in [1.82, 2.24) is 5.32 Å². The molecule has 18 heavy (non-hydrogen) atoms. The topological polar surface area (TPSA) is 46.2 Å². The molecule has 0 aliphatic carbocycles. The zero-order valence-corrected chi connectivity index (χ0v) is 11.4. The standard InChI is InChI=1S/C14H17NO2S/c1-9(2)10-3-5-11(6-4-10)18-12-7-8-13(16)15-14(12)17/h3-6,9,12H,7-8H2,1-2H3,(H,15,16,17). The molecule has 1 aromatic carbocycles. The number of thioether (sulfide) groups is 1. The van der Waals surface area contributed by atoms with Crippen LogP contribution in [0.2, 0.25) is 0 Å². The number of piperidine rings is 1. The zero-order valence-electron chi connectivity index (χ0n) is 10.6. The molecule has 1 N–H and O–H groups in total. The molecule has 96 valence electrons. The minimum absolute atomic E-state index is 0.146. The second kappa shape index (κ2) is 5.57. The van der Waals surface area contributed by atoms with Gasteiger partial charge in [-0.25, -0.2) is 0 Å². The van der Waals surface area contributed by atoms with E-state index in [1.807, 2.05) is 12.1 Å². The van der Waals surface area contributed by atoms with Crippen LogP contribution >= 0.6 is 11.8 Å². The van der Waals surface area contributed by atoms with Crippen LogP contribution in [0.25, 0.3) is 0 Å². The second-order valence-electron chi connectivity index (χ2n) is 4.78. The van der Waals surface area contributed by atoms with Gasteiger partial charge in [-0.15, -0.1) is 11.8 Å². The Morgan fingerprint density at radius 2 is 1.89 bits per heavy atom. The van der Waals surface area contributed by atoms with Crippen LogP contribution in [0.4, 0.5) is 0 Å². The Labute approximate surface area is 111 Å². The molecule has 0 spiro atoms. The summed E-state index contributed by atoms with van der Waals surface area (Å²) < 4.78 is 0. The second-order valence-corrected chi connectivity index (χ2v) is 6.06. The van der Waals surface area contributed by atoms with Crippen molar-refractivity contribution in [3.63, 3.8) is 0 Å². The minimum Gasteiger partial charge on any atom is -0.295 e. The third kappa shape index (κ3) is 3.13. The SMILES string of the molecule is CC(C)c1ccc(SC2CCC(=O)NC2=O)cc1. The molecule has 1 aliphatic rings. The number of carbonyl (C=O) groups excluding carboxylic acids is 2. The summed E-state index contributed by atoms with van der Waals surface area (Å²) in [6.07, 6.45) is 1.06. The molecule has 1 fully saturated rings. The van der Waals surface area contributed by atoms with Crippen molar-refractivity contribution < 1.29 is 9.59 Å². The number of hydrogen-bond donors (Lipinski definition) is 1. The first-order valence-corrected chi connectivity index (χ1v) is 7.04. The summed E-state index contributed by atoms with van der Waals surface area (Å²) in [5.74, 6) is 0.191. The van der Waals surface area contributed by atoms with Crippen LogP contribution in [0.15, 0.2) is 29.2 Å². The Morgan fingerprint density at radius 1 is 1.22 bits per heavy atom. The van der Waals surface area contributed by atoms with E-state index in [2.05, 4.69) is 31.3 Å². The zero-order chi connectivity index (χ0) is 13.1. The predicted molar refractivity (Wildman–Crippen MR) is 72.6 cm³/mol. The van der Waals surface area contributed by atoms with Gasteiger partial charge >= 0.3 is 0 Å². The Hall–Kier alpha value is -1.29. The average Bonchev–Trinajstić information content (AvgIpc) is 2.33. The highest BCUT2D eigenvalue weighted by Crippen LogP contribution is 2.29. The number of nitrogens with one attached hydrogen (secondary N) is 1. The molecule has 1 aliphatic heterocycles. The number of rotatable bonds is 3. The molecule has 1 atom stereocenters. The van der Waals surface area contributed by atoms with Gasteiger partial charge in [-0.05, 0) is 30.0 Å². The summed E-state index contributed by atoms with van der Waals surface area (Å²) in [7, 11) is 0. The molecule has 0 saturated carbocycles. The fourth-order valence-electron chi connectivity index (χ4n) is 1.88. The van der Waals surface area contributed by atoms with Crippen molar-refractivity contribution in [2.45, 2.75) is 42.8 Å². The van der Waals surface area contributed by atoms with Gasteiger partial charge in [-0.3, -0.25) is 14.9 Å². The van der Waals surface area contributed by atoms with Crippen LogP contribution in [0, 0.1) is 0 Å². The number of amides is 2. The highest BCUT2D eigenvalue weighted by atomic mass is 32.2. The normalized spacial score (nSPS) is 20.1. The molecule has 0 aromatic heterocycles. The smallest absolute Gasteiger partial charge is 0.240 e. The molecular formula is C14H17NO2S. The average molecular weight is 263 g/mol. The predicted octanol–water partition coefficient (Wildman–Crippen LogP) is 2.71. The van der Waals surface area contributed by atoms with E-state index in [1.165, 1.54) is 17.3 Å². The molecule has 4 heteroatoms. The number of benzene rings is 1. The van der Waals surface area contributed by atoms with Gasteiger partial charge in [0.1, 0.15) is 0 Å². The maximum Gasteiger partial charge on any atom is 0.240 e. The molecule has 1 aromatic rings. The van der Waals surface area contributed by atoms with Crippen molar-refractivity contribution in [1.29, 1.82) is 0 Å². The van der Waals surface area contributed by atoms with Crippen molar-refractivity contribution >= 4 is 23.6 Å².